The molecule has 0 aliphatic carbocycles. The number of ether oxygens (including phenoxy) is 2. The summed E-state index contributed by atoms with van der Waals surface area (Å²) in [6.45, 7) is 1.92. The second kappa shape index (κ2) is 16.5. The van der Waals surface area contributed by atoms with Crippen molar-refractivity contribution in [2.45, 2.75) is 121 Å². The summed E-state index contributed by atoms with van der Waals surface area (Å²) < 4.78 is 11.0. The van der Waals surface area contributed by atoms with Crippen molar-refractivity contribution >= 4 is 17.3 Å². The summed E-state index contributed by atoms with van der Waals surface area (Å²) >= 11 is 5.27. The van der Waals surface area contributed by atoms with Gasteiger partial charge in [-0.2, -0.15) is 0 Å². The molecular weight excluding hydrogens is 376 g/mol. The molecule has 0 radical (unpaired) electrons. The van der Waals surface area contributed by atoms with Crippen LogP contribution in [0.4, 0.5) is 0 Å². The number of hydrogen-bond acceptors (Lipinski definition) is 6. The quantitative estimate of drug-likeness (QED) is 0.241. The van der Waals surface area contributed by atoms with Gasteiger partial charge in [0.25, 0.3) is 0 Å². The molecule has 0 aromatic heterocycles. The molecule has 5 nitrogen and oxygen atoms in total. The van der Waals surface area contributed by atoms with Crippen molar-refractivity contribution in [2.24, 2.45) is 0 Å². The first-order valence-electron chi connectivity index (χ1n) is 11.4. The maximum Gasteiger partial charge on any atom is 0.160 e. The van der Waals surface area contributed by atoms with E-state index in [1.54, 1.807) is 0 Å². The van der Waals surface area contributed by atoms with Gasteiger partial charge in [0.15, 0.2) is 11.2 Å². The zero-order valence-corrected chi connectivity index (χ0v) is 18.5. The highest BCUT2D eigenvalue weighted by Crippen LogP contribution is 2.22. The Morgan fingerprint density at radius 1 is 0.964 bits per heavy atom. The third-order valence-electron chi connectivity index (χ3n) is 5.48. The summed E-state index contributed by atoms with van der Waals surface area (Å²) in [7, 11) is 0. The zero-order valence-electron chi connectivity index (χ0n) is 17.7. The van der Waals surface area contributed by atoms with Crippen molar-refractivity contribution in [1.82, 2.24) is 0 Å². The number of rotatable bonds is 17. The topological polar surface area (TPSA) is 79.2 Å². The average molecular weight is 419 g/mol. The van der Waals surface area contributed by atoms with E-state index in [1.807, 2.05) is 0 Å². The van der Waals surface area contributed by atoms with Gasteiger partial charge in [-0.25, -0.2) is 0 Å². The molecule has 166 valence electrons. The first-order chi connectivity index (χ1) is 13.6. The van der Waals surface area contributed by atoms with E-state index in [-0.39, 0.29) is 6.61 Å². The number of hydrogen-bond donors (Lipinski definition) is 3. The molecule has 3 N–H and O–H groups in total. The summed E-state index contributed by atoms with van der Waals surface area (Å²) in [6.07, 6.45) is 14.3. The summed E-state index contributed by atoms with van der Waals surface area (Å²) in [5.41, 5.74) is 0. The highest BCUT2D eigenvalue weighted by molar-refractivity contribution is 7.80. The van der Waals surface area contributed by atoms with Gasteiger partial charge in [-0.3, -0.25) is 0 Å². The molecule has 0 spiro atoms. The molecule has 1 aliphatic heterocycles. The minimum atomic E-state index is -1.07. The molecule has 1 rings (SSSR count). The van der Waals surface area contributed by atoms with Crippen LogP contribution < -0.4 is 0 Å². The van der Waals surface area contributed by atoms with Crippen LogP contribution in [0.25, 0.3) is 0 Å². The van der Waals surface area contributed by atoms with Crippen LogP contribution in [-0.4, -0.2) is 58.0 Å². The van der Waals surface area contributed by atoms with Crippen molar-refractivity contribution in [3.05, 3.63) is 0 Å². The van der Waals surface area contributed by atoms with E-state index in [9.17, 15) is 10.2 Å². The molecule has 28 heavy (non-hydrogen) atoms. The zero-order chi connectivity index (χ0) is 20.6. The van der Waals surface area contributed by atoms with Crippen LogP contribution in [0.5, 0.6) is 0 Å². The lowest BCUT2D eigenvalue weighted by Crippen LogP contribution is -2.43. The summed E-state index contributed by atoms with van der Waals surface area (Å²) in [6, 6.07) is 0. The van der Waals surface area contributed by atoms with Crippen LogP contribution in [0.3, 0.4) is 0 Å². The fraction of sp³-hybridized carbons (Fsp3) is 0.955. The Hall–Kier alpha value is -0.270. The third-order valence-corrected chi connectivity index (χ3v) is 5.78. The smallest absolute Gasteiger partial charge is 0.160 e. The van der Waals surface area contributed by atoms with Crippen LogP contribution in [0, 0.1) is 0 Å². The number of thiocarbonyl (C=S) groups is 1. The molecule has 1 heterocycles. The number of aliphatic hydroxyl groups excluding tert-OH is 3. The highest BCUT2D eigenvalue weighted by Gasteiger charge is 2.42. The highest BCUT2D eigenvalue weighted by atomic mass is 32.1. The third kappa shape index (κ3) is 11.1. The van der Waals surface area contributed by atoms with E-state index < -0.39 is 31.0 Å². The second-order valence-corrected chi connectivity index (χ2v) is 8.52. The molecule has 0 aromatic carbocycles. The van der Waals surface area contributed by atoms with Gasteiger partial charge in [-0.1, -0.05) is 84.0 Å². The maximum absolute atomic E-state index is 9.93. The van der Waals surface area contributed by atoms with Gasteiger partial charge in [0.05, 0.1) is 13.2 Å². The van der Waals surface area contributed by atoms with Gasteiger partial charge in [0.2, 0.25) is 0 Å². The molecule has 0 unspecified atom stereocenters. The van der Waals surface area contributed by atoms with Gasteiger partial charge in [0.1, 0.15) is 18.3 Å². The lowest BCUT2D eigenvalue weighted by molar-refractivity contribution is -0.0642. The number of aliphatic hydroxyl groups is 3. The summed E-state index contributed by atoms with van der Waals surface area (Å²) in [5, 5.41) is 29.2. The maximum atomic E-state index is 9.93. The predicted octanol–water partition coefficient (Wildman–Crippen LogP) is 4.29. The Kier molecular flexibility index (Phi) is 15.2. The van der Waals surface area contributed by atoms with Crippen LogP contribution in [0.1, 0.15) is 96.8 Å². The average Bonchev–Trinajstić information content (AvgIpc) is 3.05. The number of unbranched alkanes of at least 4 members (excludes halogenated alkanes) is 12. The Morgan fingerprint density at radius 3 is 1.96 bits per heavy atom. The molecule has 0 saturated carbocycles. The van der Waals surface area contributed by atoms with Crippen molar-refractivity contribution in [1.29, 1.82) is 0 Å². The Labute approximate surface area is 176 Å². The molecule has 6 heteroatoms. The van der Waals surface area contributed by atoms with Crippen LogP contribution >= 0.6 is 12.2 Å². The fourth-order valence-corrected chi connectivity index (χ4v) is 3.95. The summed E-state index contributed by atoms with van der Waals surface area (Å²) in [5.74, 6) is 0. The Bertz CT molecular complexity index is 393. The lowest BCUT2D eigenvalue weighted by atomic mass is 10.0. The predicted molar refractivity (Wildman–Crippen MR) is 117 cm³/mol. The molecule has 0 bridgehead atoms. The lowest BCUT2D eigenvalue weighted by Gasteiger charge is -2.24. The van der Waals surface area contributed by atoms with Crippen LogP contribution in [0.2, 0.25) is 0 Å². The van der Waals surface area contributed by atoms with E-state index in [2.05, 4.69) is 6.92 Å². The molecule has 1 aliphatic rings. The largest absolute Gasteiger partial charge is 0.478 e. The van der Waals surface area contributed by atoms with Crippen molar-refractivity contribution in [3.8, 4) is 0 Å². The van der Waals surface area contributed by atoms with Gasteiger partial charge in [0, 0.05) is 6.42 Å². The van der Waals surface area contributed by atoms with Crippen LogP contribution in [0.15, 0.2) is 0 Å². The van der Waals surface area contributed by atoms with Gasteiger partial charge in [-0.15, -0.1) is 0 Å². The van der Waals surface area contributed by atoms with E-state index in [0.29, 0.717) is 11.5 Å². The first-order valence-corrected chi connectivity index (χ1v) is 11.8. The van der Waals surface area contributed by atoms with Crippen molar-refractivity contribution in [3.63, 3.8) is 0 Å². The minimum Gasteiger partial charge on any atom is -0.478 e. The molecule has 0 amide bonds. The van der Waals surface area contributed by atoms with E-state index >= 15 is 0 Å². The Morgan fingerprint density at radius 2 is 1.46 bits per heavy atom. The Balaban J connectivity index is 1.96. The normalized spacial score (nSPS) is 23.1. The molecule has 4 atom stereocenters. The monoisotopic (exact) mass is 418 g/mol. The minimum absolute atomic E-state index is 0.0910. The SMILES string of the molecule is CCCCCCCCCCCCCCCC(=S)O[C@@H]1[C@H]([C@H](O)CO)OC[C@@H]1O. The molecule has 0 aromatic rings. The van der Waals surface area contributed by atoms with Gasteiger partial charge in [-0.05, 0) is 18.6 Å². The fourth-order valence-electron chi connectivity index (χ4n) is 3.70. The van der Waals surface area contributed by atoms with Gasteiger partial charge >= 0.3 is 0 Å². The molecule has 1 fully saturated rings. The second-order valence-electron chi connectivity index (χ2n) is 8.06. The van der Waals surface area contributed by atoms with Crippen molar-refractivity contribution < 1.29 is 24.8 Å². The summed E-state index contributed by atoms with van der Waals surface area (Å²) in [4.78, 5) is 0. The van der Waals surface area contributed by atoms with Crippen molar-refractivity contribution in [2.75, 3.05) is 13.2 Å². The van der Waals surface area contributed by atoms with E-state index in [1.165, 1.54) is 70.6 Å². The molecular formula is C22H42O5S. The van der Waals surface area contributed by atoms with E-state index in [4.69, 9.17) is 26.8 Å². The molecule has 1 saturated heterocycles. The standard InChI is InChI=1S/C22H42O5S/c1-2-3-4-5-6-7-8-9-10-11-12-13-14-15-20(28)27-22-19(25)17-26-21(22)18(24)16-23/h18-19,21-25H,2-17H2,1H3/t18-,19+,21+,22+/m1/s1. The first kappa shape index (κ1) is 25.8. The van der Waals surface area contributed by atoms with Gasteiger partial charge < -0.3 is 24.8 Å². The van der Waals surface area contributed by atoms with Crippen LogP contribution in [-0.2, 0) is 9.47 Å². The van der Waals surface area contributed by atoms with E-state index in [0.717, 1.165) is 12.8 Å².